The van der Waals surface area contributed by atoms with Crippen LogP contribution in [0.25, 0.3) is 0 Å². The van der Waals surface area contributed by atoms with E-state index in [9.17, 15) is 4.79 Å². The summed E-state index contributed by atoms with van der Waals surface area (Å²) in [4.78, 5) is 15.0. The van der Waals surface area contributed by atoms with Gasteiger partial charge in [-0.05, 0) is 38.3 Å². The molecule has 0 aromatic heterocycles. The van der Waals surface area contributed by atoms with Crippen LogP contribution < -0.4 is 10.6 Å². The molecule has 0 spiro atoms. The average Bonchev–Trinajstić information content (AvgIpc) is 2.72. The minimum Gasteiger partial charge on any atom is -0.392 e. The summed E-state index contributed by atoms with van der Waals surface area (Å²) in [5.41, 5.74) is 7.25. The van der Waals surface area contributed by atoms with Crippen LogP contribution in [0.3, 0.4) is 0 Å². The summed E-state index contributed by atoms with van der Waals surface area (Å²) in [6.45, 7) is 5.85. The highest BCUT2D eigenvalue weighted by molar-refractivity contribution is 7.80. The molecule has 2 N–H and O–H groups in total. The Morgan fingerprint density at radius 3 is 2.74 bits per heavy atom. The molecule has 1 heterocycles. The van der Waals surface area contributed by atoms with Gasteiger partial charge in [-0.15, -0.1) is 0 Å². The third-order valence-corrected chi connectivity index (χ3v) is 4.60. The molecule has 102 valence electrons. The minimum atomic E-state index is -0.763. The minimum absolute atomic E-state index is 0.0138. The van der Waals surface area contributed by atoms with Gasteiger partial charge in [-0.25, -0.2) is 0 Å². The van der Waals surface area contributed by atoms with Gasteiger partial charge < -0.3 is 10.6 Å². The zero-order valence-corrected chi connectivity index (χ0v) is 12.5. The monoisotopic (exact) mass is 276 g/mol. The second-order valence-electron chi connectivity index (χ2n) is 5.41. The molecule has 3 nitrogen and oxygen atoms in total. The lowest BCUT2D eigenvalue weighted by Crippen LogP contribution is -2.50. The number of benzene rings is 1. The van der Waals surface area contributed by atoms with Crippen molar-refractivity contribution in [2.45, 2.75) is 39.7 Å². The molecular formula is C15H20N2OS. The number of carbonyl (C=O) groups is 1. The van der Waals surface area contributed by atoms with Crippen molar-refractivity contribution in [3.63, 3.8) is 0 Å². The van der Waals surface area contributed by atoms with E-state index in [1.807, 2.05) is 36.9 Å². The lowest BCUT2D eigenvalue weighted by molar-refractivity contribution is -0.124. The highest BCUT2D eigenvalue weighted by Gasteiger charge is 2.42. The normalized spacial score (nSPS) is 20.8. The zero-order valence-electron chi connectivity index (χ0n) is 11.6. The summed E-state index contributed by atoms with van der Waals surface area (Å²) in [6, 6.07) is 8.19. The number of hydrogen-bond acceptors (Lipinski definition) is 2. The molecule has 1 aliphatic rings. The van der Waals surface area contributed by atoms with E-state index in [0.29, 0.717) is 6.42 Å². The van der Waals surface area contributed by atoms with Gasteiger partial charge >= 0.3 is 0 Å². The van der Waals surface area contributed by atoms with E-state index in [1.165, 1.54) is 5.56 Å². The zero-order chi connectivity index (χ0) is 14.2. The molecule has 0 saturated carbocycles. The maximum atomic E-state index is 12.9. The van der Waals surface area contributed by atoms with Crippen molar-refractivity contribution in [3.8, 4) is 0 Å². The lowest BCUT2D eigenvalue weighted by atomic mass is 9.85. The summed E-state index contributed by atoms with van der Waals surface area (Å²) in [7, 11) is 0. The average molecular weight is 276 g/mol. The van der Waals surface area contributed by atoms with Crippen molar-refractivity contribution in [2.75, 3.05) is 4.90 Å². The molecule has 2 rings (SSSR count). The van der Waals surface area contributed by atoms with Crippen molar-refractivity contribution < 1.29 is 4.79 Å². The van der Waals surface area contributed by atoms with Crippen LogP contribution >= 0.6 is 12.2 Å². The molecule has 0 aliphatic carbocycles. The van der Waals surface area contributed by atoms with Gasteiger partial charge in [0, 0.05) is 11.7 Å². The maximum absolute atomic E-state index is 12.9. The number of nitrogens with zero attached hydrogens (tertiary/aromatic N) is 1. The summed E-state index contributed by atoms with van der Waals surface area (Å²) in [5, 5.41) is 0. The first kappa shape index (κ1) is 14.0. The van der Waals surface area contributed by atoms with Crippen LogP contribution in [-0.4, -0.2) is 16.9 Å². The Morgan fingerprint density at radius 2 is 2.16 bits per heavy atom. The third-order valence-electron chi connectivity index (χ3n) is 4.15. The number of carbonyl (C=O) groups excluding carboxylic acids is 1. The Hall–Kier alpha value is -1.42. The Balaban J connectivity index is 2.42. The molecule has 2 atom stereocenters. The van der Waals surface area contributed by atoms with E-state index < -0.39 is 5.41 Å². The lowest BCUT2D eigenvalue weighted by Gasteiger charge is -2.33. The number of fused-ring (bicyclic) bond motifs is 1. The fraction of sp³-hybridized carbons (Fsp3) is 0.467. The van der Waals surface area contributed by atoms with E-state index in [0.717, 1.165) is 12.1 Å². The first-order chi connectivity index (χ1) is 8.91. The summed E-state index contributed by atoms with van der Waals surface area (Å²) < 4.78 is 0. The number of rotatable bonds is 3. The van der Waals surface area contributed by atoms with Crippen LogP contribution in [0.5, 0.6) is 0 Å². The molecule has 1 amide bonds. The van der Waals surface area contributed by atoms with Gasteiger partial charge in [-0.3, -0.25) is 4.79 Å². The van der Waals surface area contributed by atoms with E-state index in [4.69, 9.17) is 18.0 Å². The fourth-order valence-corrected chi connectivity index (χ4v) is 2.80. The quantitative estimate of drug-likeness (QED) is 0.863. The molecule has 19 heavy (non-hydrogen) atoms. The van der Waals surface area contributed by atoms with Gasteiger partial charge in [0.1, 0.15) is 0 Å². The Kier molecular flexibility index (Phi) is 3.63. The highest BCUT2D eigenvalue weighted by Crippen LogP contribution is 2.36. The second-order valence-corrected chi connectivity index (χ2v) is 5.85. The van der Waals surface area contributed by atoms with Gasteiger partial charge in [0.2, 0.25) is 5.91 Å². The van der Waals surface area contributed by atoms with Gasteiger partial charge in [0.05, 0.1) is 10.4 Å². The molecular weight excluding hydrogens is 256 g/mol. The van der Waals surface area contributed by atoms with E-state index in [1.54, 1.807) is 0 Å². The van der Waals surface area contributed by atoms with Crippen molar-refractivity contribution in [1.29, 1.82) is 0 Å². The van der Waals surface area contributed by atoms with Gasteiger partial charge in [0.25, 0.3) is 0 Å². The Labute approximate surface area is 119 Å². The number of nitrogens with two attached hydrogens (primary N) is 1. The topological polar surface area (TPSA) is 46.3 Å². The van der Waals surface area contributed by atoms with Crippen LogP contribution in [0.15, 0.2) is 24.3 Å². The number of anilines is 1. The van der Waals surface area contributed by atoms with Crippen LogP contribution in [0, 0.1) is 5.41 Å². The molecule has 0 radical (unpaired) electrons. The van der Waals surface area contributed by atoms with Crippen molar-refractivity contribution in [2.24, 2.45) is 11.1 Å². The first-order valence-electron chi connectivity index (χ1n) is 6.63. The van der Waals surface area contributed by atoms with E-state index in [-0.39, 0.29) is 16.9 Å². The summed E-state index contributed by atoms with van der Waals surface area (Å²) in [6.07, 6.45) is 1.51. The largest absolute Gasteiger partial charge is 0.392 e. The Morgan fingerprint density at radius 1 is 1.53 bits per heavy atom. The number of thiocarbonyl (C=S) groups is 1. The van der Waals surface area contributed by atoms with Crippen LogP contribution in [-0.2, 0) is 11.2 Å². The predicted octanol–water partition coefficient (Wildman–Crippen LogP) is 2.67. The molecule has 0 bridgehead atoms. The van der Waals surface area contributed by atoms with E-state index in [2.05, 4.69) is 13.0 Å². The van der Waals surface area contributed by atoms with Gasteiger partial charge in [0.15, 0.2) is 0 Å². The maximum Gasteiger partial charge on any atom is 0.240 e. The van der Waals surface area contributed by atoms with Crippen molar-refractivity contribution in [1.82, 2.24) is 0 Å². The highest BCUT2D eigenvalue weighted by atomic mass is 32.1. The van der Waals surface area contributed by atoms with Crippen LogP contribution in [0.1, 0.15) is 32.8 Å². The number of hydrogen-bond donors (Lipinski definition) is 1. The summed E-state index contributed by atoms with van der Waals surface area (Å²) in [5.74, 6) is 0.0138. The molecule has 4 heteroatoms. The molecule has 1 aromatic carbocycles. The molecule has 1 aliphatic heterocycles. The van der Waals surface area contributed by atoms with Gasteiger partial charge in [-0.2, -0.15) is 0 Å². The van der Waals surface area contributed by atoms with Crippen molar-refractivity contribution in [3.05, 3.63) is 29.8 Å². The third kappa shape index (κ3) is 2.14. The fourth-order valence-electron chi connectivity index (χ4n) is 2.57. The van der Waals surface area contributed by atoms with Crippen LogP contribution in [0.2, 0.25) is 0 Å². The molecule has 0 saturated heterocycles. The standard InChI is InChI=1S/C15H20N2OS/c1-4-15(3,13(16)19)14(18)17-10(2)9-11-7-5-6-8-12(11)17/h5-8,10H,4,9H2,1-3H3,(H2,16,19). The van der Waals surface area contributed by atoms with Gasteiger partial charge in [-0.1, -0.05) is 37.3 Å². The first-order valence-corrected chi connectivity index (χ1v) is 7.04. The summed E-state index contributed by atoms with van der Waals surface area (Å²) >= 11 is 5.11. The second kappa shape index (κ2) is 4.93. The molecule has 0 fully saturated rings. The number of para-hydroxylation sites is 1. The Bertz CT molecular complexity index is 529. The SMILES string of the molecule is CCC(C)(C(=O)N1c2ccccc2CC1C)C(N)=S. The van der Waals surface area contributed by atoms with Crippen molar-refractivity contribution >= 4 is 28.8 Å². The molecule has 2 unspecified atom stereocenters. The smallest absolute Gasteiger partial charge is 0.240 e. The molecule has 1 aromatic rings. The van der Waals surface area contributed by atoms with Crippen LogP contribution in [0.4, 0.5) is 5.69 Å². The predicted molar refractivity (Wildman–Crippen MR) is 82.3 cm³/mol. The van der Waals surface area contributed by atoms with E-state index >= 15 is 0 Å². The number of amides is 1.